The van der Waals surface area contributed by atoms with E-state index >= 15 is 8.78 Å². The average Bonchev–Trinajstić information content (AvgIpc) is 2.83. The Balaban J connectivity index is 1.86. The van der Waals surface area contributed by atoms with Crippen molar-refractivity contribution >= 4 is 17.4 Å². The van der Waals surface area contributed by atoms with Gasteiger partial charge in [0.05, 0.1) is 0 Å². The summed E-state index contributed by atoms with van der Waals surface area (Å²) in [7, 11) is 0. The Morgan fingerprint density at radius 1 is 1.20 bits per heavy atom. The maximum atomic E-state index is 15.3. The molecule has 1 aliphatic rings. The van der Waals surface area contributed by atoms with E-state index in [-0.39, 0.29) is 47.0 Å². The summed E-state index contributed by atoms with van der Waals surface area (Å²) in [5.41, 5.74) is 4.40. The number of nitrogen functional groups attached to an aromatic ring is 1. The van der Waals surface area contributed by atoms with Crippen molar-refractivity contribution in [1.29, 1.82) is 0 Å². The SMILES string of the molecule is C=C(C1=C(F)CC(F)C=C1)c1ccc(=O)n(-c2c(F)cc(CCN[C@H](CC(C)C)C(=O)OC(C)(C)C)cc2F)c1N. The van der Waals surface area contributed by atoms with Crippen LogP contribution < -0.4 is 16.6 Å². The Morgan fingerprint density at radius 2 is 1.83 bits per heavy atom. The van der Waals surface area contributed by atoms with Crippen LogP contribution in [0, 0.1) is 17.6 Å². The number of anilines is 1. The number of carbonyl (C=O) groups excluding carboxylic acids is 1. The first kappa shape index (κ1) is 31.9. The number of allylic oxidation sites excluding steroid dienone is 5. The van der Waals surface area contributed by atoms with E-state index in [4.69, 9.17) is 10.5 Å². The summed E-state index contributed by atoms with van der Waals surface area (Å²) in [5, 5.41) is 3.11. The molecule has 1 unspecified atom stereocenters. The number of esters is 1. The zero-order valence-electron chi connectivity index (χ0n) is 24.0. The number of hydrogen-bond donors (Lipinski definition) is 2. The highest BCUT2D eigenvalue weighted by Gasteiger charge is 2.26. The molecule has 3 N–H and O–H groups in total. The van der Waals surface area contributed by atoms with E-state index in [0.29, 0.717) is 11.0 Å². The lowest BCUT2D eigenvalue weighted by molar-refractivity contribution is -0.157. The minimum atomic E-state index is -1.48. The number of nitrogens with zero attached hydrogens (tertiary/aromatic N) is 1. The van der Waals surface area contributed by atoms with E-state index < -0.39 is 58.9 Å². The first-order chi connectivity index (χ1) is 19.1. The Hall–Kier alpha value is -3.66. The largest absolute Gasteiger partial charge is 0.459 e. The molecular formula is C31H37F4N3O3. The van der Waals surface area contributed by atoms with Crippen molar-refractivity contribution in [2.45, 2.75) is 71.7 Å². The topological polar surface area (TPSA) is 86.3 Å². The molecular weight excluding hydrogens is 538 g/mol. The number of ether oxygens (including phenoxy) is 1. The van der Waals surface area contributed by atoms with Crippen LogP contribution >= 0.6 is 0 Å². The molecule has 2 aromatic rings. The van der Waals surface area contributed by atoms with Gasteiger partial charge in [-0.05, 0) is 81.5 Å². The first-order valence-electron chi connectivity index (χ1n) is 13.5. The van der Waals surface area contributed by atoms with E-state index in [9.17, 15) is 18.4 Å². The molecule has 0 spiro atoms. The summed E-state index contributed by atoms with van der Waals surface area (Å²) >= 11 is 0. The van der Waals surface area contributed by atoms with E-state index in [1.165, 1.54) is 18.2 Å². The molecule has 222 valence electrons. The fraction of sp³-hybridized carbons (Fsp3) is 0.419. The summed E-state index contributed by atoms with van der Waals surface area (Å²) in [6, 6.07) is 3.91. The molecule has 0 radical (unpaired) electrons. The second-order valence-electron chi connectivity index (χ2n) is 11.5. The van der Waals surface area contributed by atoms with Gasteiger partial charge < -0.3 is 15.8 Å². The Morgan fingerprint density at radius 3 is 2.39 bits per heavy atom. The molecule has 0 saturated carbocycles. The molecule has 1 heterocycles. The molecule has 10 heteroatoms. The molecule has 6 nitrogen and oxygen atoms in total. The van der Waals surface area contributed by atoms with Gasteiger partial charge in [-0.1, -0.05) is 26.5 Å². The van der Waals surface area contributed by atoms with Crippen LogP contribution in [0.5, 0.6) is 0 Å². The minimum absolute atomic E-state index is 0.0123. The van der Waals surface area contributed by atoms with Crippen LogP contribution in [0.4, 0.5) is 23.4 Å². The highest BCUT2D eigenvalue weighted by atomic mass is 19.1. The fourth-order valence-electron chi connectivity index (χ4n) is 4.56. The summed E-state index contributed by atoms with van der Waals surface area (Å²) in [4.78, 5) is 25.3. The van der Waals surface area contributed by atoms with Gasteiger partial charge in [-0.25, -0.2) is 17.6 Å². The lowest BCUT2D eigenvalue weighted by atomic mass is 9.94. The third-order valence-electron chi connectivity index (χ3n) is 6.42. The van der Waals surface area contributed by atoms with Gasteiger partial charge in [0.25, 0.3) is 5.56 Å². The van der Waals surface area contributed by atoms with Crippen LogP contribution in [0.25, 0.3) is 11.3 Å². The van der Waals surface area contributed by atoms with Gasteiger partial charge in [0.1, 0.15) is 35.1 Å². The average molecular weight is 576 g/mol. The number of pyridine rings is 1. The van der Waals surface area contributed by atoms with Crippen molar-refractivity contribution in [3.8, 4) is 5.69 Å². The molecule has 0 saturated heterocycles. The van der Waals surface area contributed by atoms with Gasteiger partial charge in [0.2, 0.25) is 0 Å². The number of nitrogens with two attached hydrogens (primary N) is 1. The van der Waals surface area contributed by atoms with Crippen molar-refractivity contribution in [2.24, 2.45) is 5.92 Å². The van der Waals surface area contributed by atoms with Crippen molar-refractivity contribution in [1.82, 2.24) is 9.88 Å². The van der Waals surface area contributed by atoms with Crippen molar-refractivity contribution in [3.63, 3.8) is 0 Å². The number of rotatable bonds is 10. The van der Waals surface area contributed by atoms with Crippen LogP contribution in [0.2, 0.25) is 0 Å². The maximum Gasteiger partial charge on any atom is 0.323 e. The third-order valence-corrected chi connectivity index (χ3v) is 6.42. The normalized spacial score (nSPS) is 16.3. The molecule has 1 aromatic carbocycles. The number of hydrogen-bond acceptors (Lipinski definition) is 5. The van der Waals surface area contributed by atoms with Crippen LogP contribution in [0.15, 0.2) is 59.2 Å². The number of benzene rings is 1. The van der Waals surface area contributed by atoms with Crippen molar-refractivity contribution in [2.75, 3.05) is 12.3 Å². The number of alkyl halides is 1. The predicted molar refractivity (Wildman–Crippen MR) is 153 cm³/mol. The van der Waals surface area contributed by atoms with Crippen molar-refractivity contribution in [3.05, 3.63) is 87.5 Å². The summed E-state index contributed by atoms with van der Waals surface area (Å²) in [6.07, 6.45) is 1.14. The van der Waals surface area contributed by atoms with Gasteiger partial charge in [0.15, 0.2) is 11.6 Å². The van der Waals surface area contributed by atoms with E-state index in [1.807, 2.05) is 13.8 Å². The summed E-state index contributed by atoms with van der Waals surface area (Å²) in [5.74, 6) is -3.37. The maximum absolute atomic E-state index is 15.3. The molecule has 0 fully saturated rings. The van der Waals surface area contributed by atoms with E-state index in [2.05, 4.69) is 11.9 Å². The van der Waals surface area contributed by atoms with Crippen LogP contribution in [-0.2, 0) is 16.0 Å². The molecule has 0 aliphatic heterocycles. The lowest BCUT2D eigenvalue weighted by Gasteiger charge is -2.25. The summed E-state index contributed by atoms with van der Waals surface area (Å²) in [6.45, 7) is 13.3. The highest BCUT2D eigenvalue weighted by Crippen LogP contribution is 2.34. The quantitative estimate of drug-likeness (QED) is 0.263. The van der Waals surface area contributed by atoms with Gasteiger partial charge in [-0.15, -0.1) is 0 Å². The van der Waals surface area contributed by atoms with E-state index in [1.54, 1.807) is 20.8 Å². The summed E-state index contributed by atoms with van der Waals surface area (Å²) < 4.78 is 64.8. The lowest BCUT2D eigenvalue weighted by Crippen LogP contribution is -2.42. The number of halogens is 4. The van der Waals surface area contributed by atoms with Gasteiger partial charge in [-0.3, -0.25) is 14.2 Å². The molecule has 41 heavy (non-hydrogen) atoms. The third kappa shape index (κ3) is 7.97. The number of carbonyl (C=O) groups is 1. The van der Waals surface area contributed by atoms with Crippen molar-refractivity contribution < 1.29 is 27.1 Å². The van der Waals surface area contributed by atoms with Crippen LogP contribution in [0.1, 0.15) is 58.6 Å². The zero-order chi connectivity index (χ0) is 30.6. The minimum Gasteiger partial charge on any atom is -0.459 e. The number of aromatic nitrogens is 1. The van der Waals surface area contributed by atoms with Crippen LogP contribution in [0.3, 0.4) is 0 Å². The van der Waals surface area contributed by atoms with Gasteiger partial charge >= 0.3 is 5.97 Å². The second kappa shape index (κ2) is 12.9. The van der Waals surface area contributed by atoms with Crippen LogP contribution in [-0.4, -0.2) is 34.9 Å². The first-order valence-corrected chi connectivity index (χ1v) is 13.5. The van der Waals surface area contributed by atoms with Gasteiger partial charge in [0, 0.05) is 23.6 Å². The monoisotopic (exact) mass is 575 g/mol. The second-order valence-corrected chi connectivity index (χ2v) is 11.5. The highest BCUT2D eigenvalue weighted by molar-refractivity contribution is 5.86. The number of nitrogens with one attached hydrogen (secondary N) is 1. The Labute approximate surface area is 237 Å². The fourth-order valence-corrected chi connectivity index (χ4v) is 4.56. The standard InChI is InChI=1S/C31H37F4N3O3/c1-17(2)13-26(30(40)41-31(4,5)6)37-12-11-19-14-24(34)28(25(35)15-19)38-27(39)10-9-22(29(38)36)18(3)21-8-7-20(32)16-23(21)33/h7-10,14-15,17,20,26,37H,3,11-13,16,36H2,1-2,4-6H3/t20?,26-/m1/s1. The molecule has 0 bridgehead atoms. The van der Waals surface area contributed by atoms with E-state index in [0.717, 1.165) is 18.2 Å². The molecule has 3 rings (SSSR count). The smallest absolute Gasteiger partial charge is 0.323 e. The van der Waals surface area contributed by atoms with Gasteiger partial charge in [-0.2, -0.15) is 0 Å². The molecule has 1 aromatic heterocycles. The Kier molecular flexibility index (Phi) is 10.0. The molecule has 0 amide bonds. The Bertz CT molecular complexity index is 1410. The molecule has 1 aliphatic carbocycles. The molecule has 2 atom stereocenters. The predicted octanol–water partition coefficient (Wildman–Crippen LogP) is 6.12. The zero-order valence-corrected chi connectivity index (χ0v) is 24.0.